The number of benzene rings is 1. The Hall–Kier alpha value is -1.51. The van der Waals surface area contributed by atoms with Gasteiger partial charge in [-0.15, -0.1) is 0 Å². The third kappa shape index (κ3) is 1.65. The van der Waals surface area contributed by atoms with Gasteiger partial charge in [0.05, 0.1) is 21.5 Å². The van der Waals surface area contributed by atoms with Crippen molar-refractivity contribution in [3.63, 3.8) is 0 Å². The molecule has 1 saturated carbocycles. The zero-order chi connectivity index (χ0) is 15.6. The highest BCUT2D eigenvalue weighted by molar-refractivity contribution is 7.93. The number of halogens is 1. The van der Waals surface area contributed by atoms with Crippen molar-refractivity contribution in [1.29, 1.82) is 5.26 Å². The van der Waals surface area contributed by atoms with Gasteiger partial charge in [-0.2, -0.15) is 5.26 Å². The Bertz CT molecular complexity index is 840. The van der Waals surface area contributed by atoms with Crippen LogP contribution in [0.1, 0.15) is 17.5 Å². The van der Waals surface area contributed by atoms with Gasteiger partial charge in [-0.1, -0.05) is 23.8 Å². The van der Waals surface area contributed by atoms with Gasteiger partial charge in [0.1, 0.15) is 6.07 Å². The number of nitrogens with zero attached hydrogens (tertiary/aromatic N) is 2. The van der Waals surface area contributed by atoms with E-state index in [1.165, 1.54) is 4.31 Å². The molecular formula is C16H15ClN2O2S. The fourth-order valence-corrected chi connectivity index (χ4v) is 6.99. The van der Waals surface area contributed by atoms with Crippen LogP contribution in [0.25, 0.3) is 0 Å². The minimum Gasteiger partial charge on any atom is -0.269 e. The molecule has 4 nitrogen and oxygen atoms in total. The Morgan fingerprint density at radius 3 is 2.73 bits per heavy atom. The predicted octanol–water partition coefficient (Wildman–Crippen LogP) is 2.86. The highest BCUT2D eigenvalue weighted by atomic mass is 35.5. The van der Waals surface area contributed by atoms with Gasteiger partial charge >= 0.3 is 0 Å². The zero-order valence-corrected chi connectivity index (χ0v) is 13.6. The van der Waals surface area contributed by atoms with Gasteiger partial charge in [0.15, 0.2) is 0 Å². The molecule has 0 spiro atoms. The lowest BCUT2D eigenvalue weighted by Gasteiger charge is -2.23. The largest absolute Gasteiger partial charge is 0.269 e. The monoisotopic (exact) mass is 334 g/mol. The molecule has 1 aliphatic heterocycles. The topological polar surface area (TPSA) is 61.2 Å². The van der Waals surface area contributed by atoms with Gasteiger partial charge in [-0.3, -0.25) is 4.31 Å². The molecule has 0 amide bonds. The summed E-state index contributed by atoms with van der Waals surface area (Å²) in [7, 11) is -3.37. The van der Waals surface area contributed by atoms with Gasteiger partial charge in [0.2, 0.25) is 10.0 Å². The number of hydrogen-bond acceptors (Lipinski definition) is 3. The summed E-state index contributed by atoms with van der Waals surface area (Å²) in [6.07, 6.45) is 5.20. The van der Waals surface area contributed by atoms with E-state index in [1.807, 2.05) is 6.07 Å². The van der Waals surface area contributed by atoms with E-state index in [4.69, 9.17) is 16.9 Å². The molecule has 0 N–H and O–H groups in total. The van der Waals surface area contributed by atoms with E-state index in [-0.39, 0.29) is 17.1 Å². The van der Waals surface area contributed by atoms with Gasteiger partial charge in [-0.25, -0.2) is 8.42 Å². The molecule has 1 aromatic rings. The summed E-state index contributed by atoms with van der Waals surface area (Å²) in [5.74, 6) is 0.705. The van der Waals surface area contributed by atoms with Crippen molar-refractivity contribution in [3.8, 4) is 6.07 Å². The van der Waals surface area contributed by atoms with Crippen LogP contribution in [0.15, 0.2) is 24.3 Å². The molecule has 3 aliphatic rings. The highest BCUT2D eigenvalue weighted by Gasteiger charge is 2.58. The summed E-state index contributed by atoms with van der Waals surface area (Å²) >= 11 is 6.20. The molecular weight excluding hydrogens is 320 g/mol. The first-order chi connectivity index (χ1) is 10.4. The van der Waals surface area contributed by atoms with Crippen LogP contribution in [-0.4, -0.2) is 20.2 Å². The number of nitriles is 1. The third-order valence-electron chi connectivity index (χ3n) is 5.32. The molecule has 1 saturated heterocycles. The summed E-state index contributed by atoms with van der Waals surface area (Å²) in [6.45, 7) is 2.29. The quantitative estimate of drug-likeness (QED) is 0.742. The van der Waals surface area contributed by atoms with Crippen LogP contribution in [0, 0.1) is 36.0 Å². The second-order valence-electron chi connectivity index (χ2n) is 6.34. The fraction of sp³-hybridized carbons (Fsp3) is 0.438. The molecule has 2 fully saturated rings. The smallest absolute Gasteiger partial charge is 0.239 e. The van der Waals surface area contributed by atoms with Crippen LogP contribution in [0.2, 0.25) is 5.02 Å². The first-order valence-electron chi connectivity index (χ1n) is 7.34. The number of allylic oxidation sites excluding steroid dienone is 2. The standard InChI is InChI=1S/C16H15ClN2O2S/c1-9-14(5-4-12(7-18)15(9)17)19-8-13-10-2-3-11(6-10)16(13)22(19,20)21/h2-5,10-11,13,16H,6,8H2,1H3/t10-,11+,13-,16+/m0/s1. The maximum atomic E-state index is 13.0. The van der Waals surface area contributed by atoms with E-state index in [2.05, 4.69) is 12.2 Å². The van der Waals surface area contributed by atoms with Gasteiger partial charge in [-0.05, 0) is 42.9 Å². The molecule has 1 aromatic carbocycles. The molecule has 1 heterocycles. The normalized spacial score (nSPS) is 34.0. The Labute approximate surface area is 135 Å². The maximum absolute atomic E-state index is 13.0. The van der Waals surface area contributed by atoms with Crippen LogP contribution < -0.4 is 4.31 Å². The Kier molecular flexibility index (Phi) is 2.88. The number of sulfonamides is 1. The van der Waals surface area contributed by atoms with Crippen molar-refractivity contribution in [1.82, 2.24) is 0 Å². The molecule has 22 heavy (non-hydrogen) atoms. The lowest BCUT2D eigenvalue weighted by atomic mass is 9.93. The van der Waals surface area contributed by atoms with Crippen molar-refractivity contribution in [2.45, 2.75) is 18.6 Å². The van der Waals surface area contributed by atoms with Gasteiger partial charge in [0.25, 0.3) is 0 Å². The molecule has 2 bridgehead atoms. The van der Waals surface area contributed by atoms with Crippen molar-refractivity contribution in [2.24, 2.45) is 17.8 Å². The molecule has 6 heteroatoms. The second-order valence-corrected chi connectivity index (χ2v) is 8.73. The average molecular weight is 335 g/mol. The lowest BCUT2D eigenvalue weighted by Crippen LogP contribution is -2.32. The van der Waals surface area contributed by atoms with Crippen LogP contribution in [-0.2, 0) is 10.0 Å². The summed E-state index contributed by atoms with van der Waals surface area (Å²) in [5.41, 5.74) is 1.64. The van der Waals surface area contributed by atoms with Gasteiger partial charge in [0, 0.05) is 12.5 Å². The van der Waals surface area contributed by atoms with Crippen LogP contribution >= 0.6 is 11.6 Å². The average Bonchev–Trinajstić information content (AvgIpc) is 3.14. The lowest BCUT2D eigenvalue weighted by molar-refractivity contribution is 0.485. The van der Waals surface area contributed by atoms with E-state index >= 15 is 0 Å². The van der Waals surface area contributed by atoms with Crippen molar-refractivity contribution < 1.29 is 8.42 Å². The second kappa shape index (κ2) is 4.50. The van der Waals surface area contributed by atoms with E-state index in [0.717, 1.165) is 6.42 Å². The maximum Gasteiger partial charge on any atom is 0.239 e. The predicted molar refractivity (Wildman–Crippen MR) is 85.2 cm³/mol. The minimum absolute atomic E-state index is 0.152. The third-order valence-corrected chi connectivity index (χ3v) is 8.15. The Balaban J connectivity index is 1.80. The number of fused-ring (bicyclic) bond motifs is 5. The van der Waals surface area contributed by atoms with E-state index in [1.54, 1.807) is 19.1 Å². The van der Waals surface area contributed by atoms with E-state index < -0.39 is 10.0 Å². The van der Waals surface area contributed by atoms with Crippen molar-refractivity contribution in [3.05, 3.63) is 40.4 Å². The van der Waals surface area contributed by atoms with Crippen LogP contribution in [0.4, 0.5) is 5.69 Å². The summed E-state index contributed by atoms with van der Waals surface area (Å²) in [6, 6.07) is 5.33. The van der Waals surface area contributed by atoms with Crippen molar-refractivity contribution in [2.75, 3.05) is 10.8 Å². The van der Waals surface area contributed by atoms with E-state index in [0.29, 0.717) is 34.3 Å². The Morgan fingerprint density at radius 2 is 2.05 bits per heavy atom. The SMILES string of the molecule is Cc1c(N2C[C@@H]3[C@@H]([C@@H]4C=C[C@H]3C4)S2(=O)=O)ccc(C#N)c1Cl. The molecule has 2 aliphatic carbocycles. The Morgan fingerprint density at radius 1 is 1.32 bits per heavy atom. The molecule has 0 unspecified atom stereocenters. The number of hydrogen-bond donors (Lipinski definition) is 0. The van der Waals surface area contributed by atoms with Crippen molar-refractivity contribution >= 4 is 27.3 Å². The van der Waals surface area contributed by atoms with Crippen LogP contribution in [0.3, 0.4) is 0 Å². The first kappa shape index (κ1) is 14.1. The summed E-state index contributed by atoms with van der Waals surface area (Å²) < 4.78 is 27.4. The number of anilines is 1. The highest BCUT2D eigenvalue weighted by Crippen LogP contribution is 2.53. The summed E-state index contributed by atoms with van der Waals surface area (Å²) in [4.78, 5) is 0. The van der Waals surface area contributed by atoms with E-state index in [9.17, 15) is 8.42 Å². The fourth-order valence-electron chi connectivity index (χ4n) is 4.27. The molecule has 4 rings (SSSR count). The molecule has 0 aromatic heterocycles. The first-order valence-corrected chi connectivity index (χ1v) is 9.22. The summed E-state index contributed by atoms with van der Waals surface area (Å²) in [5, 5.41) is 9.08. The van der Waals surface area contributed by atoms with Crippen LogP contribution in [0.5, 0.6) is 0 Å². The van der Waals surface area contributed by atoms with Gasteiger partial charge < -0.3 is 0 Å². The zero-order valence-electron chi connectivity index (χ0n) is 12.0. The molecule has 4 atom stereocenters. The molecule has 114 valence electrons. The number of rotatable bonds is 1. The molecule has 0 radical (unpaired) electrons. The minimum atomic E-state index is -3.37.